The molecular weight excluding hydrogens is 380 g/mol. The molecule has 0 saturated carbocycles. The summed E-state index contributed by atoms with van der Waals surface area (Å²) in [5.41, 5.74) is 1.83. The third-order valence-corrected chi connectivity index (χ3v) is 4.32. The van der Waals surface area contributed by atoms with Crippen LogP contribution in [0.25, 0.3) is 23.0 Å². The van der Waals surface area contributed by atoms with Gasteiger partial charge in [-0.25, -0.2) is 4.68 Å². The van der Waals surface area contributed by atoms with E-state index >= 15 is 0 Å². The molecule has 0 aliphatic heterocycles. The Kier molecular flexibility index (Phi) is 4.90. The molecule has 0 aliphatic rings. The molecule has 0 unspecified atom stereocenters. The van der Waals surface area contributed by atoms with Crippen LogP contribution >= 0.6 is 11.6 Å². The van der Waals surface area contributed by atoms with E-state index in [0.717, 1.165) is 16.9 Å². The van der Waals surface area contributed by atoms with Gasteiger partial charge in [0.25, 0.3) is 11.4 Å². The van der Waals surface area contributed by atoms with E-state index in [-0.39, 0.29) is 11.4 Å². The van der Waals surface area contributed by atoms with Crippen molar-refractivity contribution in [2.45, 2.75) is 6.54 Å². The van der Waals surface area contributed by atoms with Crippen molar-refractivity contribution in [3.05, 3.63) is 81.6 Å². The molecule has 0 atom stereocenters. The Bertz CT molecular complexity index is 1170. The fourth-order valence-electron chi connectivity index (χ4n) is 2.65. The summed E-state index contributed by atoms with van der Waals surface area (Å²) in [7, 11) is 1.60. The van der Waals surface area contributed by atoms with E-state index in [1.54, 1.807) is 31.4 Å². The smallest absolute Gasteiger partial charge is 0.278 e. The summed E-state index contributed by atoms with van der Waals surface area (Å²) in [6.45, 7) is 0.311. The summed E-state index contributed by atoms with van der Waals surface area (Å²) in [4.78, 5) is 16.6. The Morgan fingerprint density at radius 1 is 1.11 bits per heavy atom. The van der Waals surface area contributed by atoms with Gasteiger partial charge in [0.2, 0.25) is 5.82 Å². The Morgan fingerprint density at radius 2 is 1.93 bits per heavy atom. The van der Waals surface area contributed by atoms with E-state index in [2.05, 4.69) is 15.2 Å². The second-order valence-corrected chi connectivity index (χ2v) is 6.43. The molecule has 2 heterocycles. The highest BCUT2D eigenvalue weighted by atomic mass is 35.5. The van der Waals surface area contributed by atoms with Gasteiger partial charge in [0.05, 0.1) is 13.7 Å². The molecule has 0 radical (unpaired) electrons. The summed E-state index contributed by atoms with van der Waals surface area (Å²) < 4.78 is 11.8. The van der Waals surface area contributed by atoms with E-state index in [1.165, 1.54) is 10.7 Å². The molecule has 140 valence electrons. The highest BCUT2D eigenvalue weighted by Gasteiger charge is 2.13. The van der Waals surface area contributed by atoms with Crippen LogP contribution in [0.1, 0.15) is 5.56 Å². The summed E-state index contributed by atoms with van der Waals surface area (Å²) in [6, 6.07) is 17.6. The van der Waals surface area contributed by atoms with Gasteiger partial charge in [-0.05, 0) is 35.9 Å². The molecular formula is C20H15ClN4O3. The van der Waals surface area contributed by atoms with Gasteiger partial charge in [-0.1, -0.05) is 41.0 Å². The van der Waals surface area contributed by atoms with Crippen molar-refractivity contribution in [2.75, 3.05) is 7.11 Å². The first-order valence-corrected chi connectivity index (χ1v) is 8.81. The predicted octanol–water partition coefficient (Wildman–Crippen LogP) is 3.67. The SMILES string of the molecule is COc1ccc(Cn2nc(-c3nc(-c4cccc(Cl)c4)no3)ccc2=O)cc1. The molecule has 4 rings (SSSR count). The first-order valence-electron chi connectivity index (χ1n) is 8.43. The zero-order valence-electron chi connectivity index (χ0n) is 14.9. The average Bonchev–Trinajstić information content (AvgIpc) is 3.20. The first kappa shape index (κ1) is 17.9. The zero-order valence-corrected chi connectivity index (χ0v) is 15.6. The van der Waals surface area contributed by atoms with Crippen molar-refractivity contribution in [1.29, 1.82) is 0 Å². The van der Waals surface area contributed by atoms with Gasteiger partial charge in [-0.15, -0.1) is 0 Å². The number of hydrogen-bond acceptors (Lipinski definition) is 6. The highest BCUT2D eigenvalue weighted by molar-refractivity contribution is 6.30. The Labute approximate surface area is 165 Å². The van der Waals surface area contributed by atoms with Crippen LogP contribution in [-0.4, -0.2) is 27.0 Å². The van der Waals surface area contributed by atoms with Crippen LogP contribution in [0, 0.1) is 0 Å². The van der Waals surface area contributed by atoms with Gasteiger partial charge in [0.1, 0.15) is 11.4 Å². The van der Waals surface area contributed by atoms with Crippen molar-refractivity contribution >= 4 is 11.6 Å². The molecule has 2 aromatic carbocycles. The first-order chi connectivity index (χ1) is 13.6. The molecule has 4 aromatic rings. The maximum Gasteiger partial charge on any atom is 0.278 e. The van der Waals surface area contributed by atoms with Crippen molar-refractivity contribution in [2.24, 2.45) is 0 Å². The van der Waals surface area contributed by atoms with Crippen LogP contribution < -0.4 is 10.3 Å². The van der Waals surface area contributed by atoms with E-state index in [9.17, 15) is 4.79 Å². The maximum atomic E-state index is 12.2. The molecule has 0 saturated heterocycles. The van der Waals surface area contributed by atoms with Crippen molar-refractivity contribution in [1.82, 2.24) is 19.9 Å². The van der Waals surface area contributed by atoms with Crippen molar-refractivity contribution in [3.8, 4) is 28.7 Å². The van der Waals surface area contributed by atoms with Crippen LogP contribution in [0.3, 0.4) is 0 Å². The maximum absolute atomic E-state index is 12.2. The molecule has 28 heavy (non-hydrogen) atoms. The van der Waals surface area contributed by atoms with Crippen molar-refractivity contribution < 1.29 is 9.26 Å². The average molecular weight is 395 g/mol. The third kappa shape index (κ3) is 3.79. The normalized spacial score (nSPS) is 10.8. The van der Waals surface area contributed by atoms with Gasteiger partial charge in [-0.2, -0.15) is 10.1 Å². The minimum absolute atomic E-state index is 0.221. The Hall–Kier alpha value is -3.45. The minimum atomic E-state index is -0.228. The van der Waals surface area contributed by atoms with E-state index < -0.39 is 0 Å². The number of hydrogen-bond donors (Lipinski definition) is 0. The van der Waals surface area contributed by atoms with E-state index in [0.29, 0.717) is 23.1 Å². The standard InChI is InChI=1S/C20H15ClN4O3/c1-27-16-7-5-13(6-8-16)12-25-18(26)10-9-17(23-25)20-22-19(24-28-20)14-3-2-4-15(21)11-14/h2-11H,12H2,1H3. The number of halogens is 1. The lowest BCUT2D eigenvalue weighted by Gasteiger charge is -2.06. The highest BCUT2D eigenvalue weighted by Crippen LogP contribution is 2.22. The van der Waals surface area contributed by atoms with E-state index in [4.69, 9.17) is 20.9 Å². The molecule has 0 aliphatic carbocycles. The fourth-order valence-corrected chi connectivity index (χ4v) is 2.84. The lowest BCUT2D eigenvalue weighted by molar-refractivity contribution is 0.414. The molecule has 0 N–H and O–H groups in total. The molecule has 8 heteroatoms. The monoisotopic (exact) mass is 394 g/mol. The van der Waals surface area contributed by atoms with Gasteiger partial charge < -0.3 is 9.26 Å². The molecule has 0 fully saturated rings. The minimum Gasteiger partial charge on any atom is -0.497 e. The summed E-state index contributed by atoms with van der Waals surface area (Å²) in [5, 5.41) is 8.91. The number of ether oxygens (including phenoxy) is 1. The van der Waals surface area contributed by atoms with Crippen LogP contribution in [0.4, 0.5) is 0 Å². The summed E-state index contributed by atoms with van der Waals surface area (Å²) in [6.07, 6.45) is 0. The lowest BCUT2D eigenvalue weighted by atomic mass is 10.2. The number of benzene rings is 2. The lowest BCUT2D eigenvalue weighted by Crippen LogP contribution is -2.22. The van der Waals surface area contributed by atoms with Crippen LogP contribution in [-0.2, 0) is 6.54 Å². The van der Waals surface area contributed by atoms with Crippen LogP contribution in [0.2, 0.25) is 5.02 Å². The topological polar surface area (TPSA) is 83.0 Å². The van der Waals surface area contributed by atoms with Gasteiger partial charge >= 0.3 is 0 Å². The molecule has 0 amide bonds. The summed E-state index contributed by atoms with van der Waals surface area (Å²) >= 11 is 6.01. The molecule has 0 bridgehead atoms. The van der Waals surface area contributed by atoms with Crippen LogP contribution in [0.15, 0.2) is 70.0 Å². The van der Waals surface area contributed by atoms with Crippen molar-refractivity contribution in [3.63, 3.8) is 0 Å². The summed E-state index contributed by atoms with van der Waals surface area (Å²) in [5.74, 6) is 1.36. The van der Waals surface area contributed by atoms with E-state index in [1.807, 2.05) is 30.3 Å². The molecule has 0 spiro atoms. The van der Waals surface area contributed by atoms with Gasteiger partial charge in [0, 0.05) is 16.7 Å². The molecule has 2 aromatic heterocycles. The Balaban J connectivity index is 1.62. The predicted molar refractivity (Wildman–Crippen MR) is 104 cm³/mol. The second kappa shape index (κ2) is 7.66. The molecule has 7 nitrogen and oxygen atoms in total. The number of methoxy groups -OCH3 is 1. The van der Waals surface area contributed by atoms with Crippen LogP contribution in [0.5, 0.6) is 5.75 Å². The quantitative estimate of drug-likeness (QED) is 0.513. The number of rotatable bonds is 5. The zero-order chi connectivity index (χ0) is 19.5. The largest absolute Gasteiger partial charge is 0.497 e. The fraction of sp³-hybridized carbons (Fsp3) is 0.100. The Morgan fingerprint density at radius 3 is 2.68 bits per heavy atom. The van der Waals surface area contributed by atoms with Gasteiger partial charge in [-0.3, -0.25) is 4.79 Å². The van der Waals surface area contributed by atoms with Gasteiger partial charge in [0.15, 0.2) is 0 Å². The number of nitrogens with zero attached hydrogens (tertiary/aromatic N) is 4. The number of aromatic nitrogens is 4. The second-order valence-electron chi connectivity index (χ2n) is 6.00. The third-order valence-electron chi connectivity index (χ3n) is 4.09.